The summed E-state index contributed by atoms with van der Waals surface area (Å²) < 4.78 is 25.7. The molecule has 2 heterocycles. The number of aryl methyl sites for hydroxylation is 1. The van der Waals surface area contributed by atoms with Crippen molar-refractivity contribution in [2.45, 2.75) is 18.4 Å². The van der Waals surface area contributed by atoms with Crippen LogP contribution in [0.25, 0.3) is 11.8 Å². The molecule has 4 rings (SSSR count). The first kappa shape index (κ1) is 18.2. The predicted molar refractivity (Wildman–Crippen MR) is 109 cm³/mol. The standard InChI is InChI=1S/C21H19N3O3S/c1-15-7-5-6-10-19(15)24-21(17-13-28(26,27)14-18(17)23-24)22-20(25)12-11-16-8-3-2-4-9-16/h2-12H,13-14H2,1H3,(H,22,25)/b12-11-. The molecule has 0 bridgehead atoms. The molecule has 3 aromatic rings. The SMILES string of the molecule is Cc1ccccc1-n1nc2c(c1NC(=O)/C=C\c1ccccc1)CS(=O)(=O)C2. The molecule has 1 aromatic heterocycles. The number of nitrogens with one attached hydrogen (secondary N) is 1. The zero-order valence-electron chi connectivity index (χ0n) is 15.3. The summed E-state index contributed by atoms with van der Waals surface area (Å²) >= 11 is 0. The normalized spacial score (nSPS) is 14.9. The van der Waals surface area contributed by atoms with Gasteiger partial charge in [0.25, 0.3) is 0 Å². The molecule has 142 valence electrons. The van der Waals surface area contributed by atoms with Crippen molar-refractivity contribution in [3.05, 3.63) is 83.1 Å². The molecule has 0 atom stereocenters. The Morgan fingerprint density at radius 2 is 1.79 bits per heavy atom. The van der Waals surface area contributed by atoms with Gasteiger partial charge in [-0.2, -0.15) is 5.10 Å². The summed E-state index contributed by atoms with van der Waals surface area (Å²) in [6, 6.07) is 17.1. The van der Waals surface area contributed by atoms with Crippen LogP contribution in [0.3, 0.4) is 0 Å². The first-order chi connectivity index (χ1) is 13.4. The molecular weight excluding hydrogens is 374 g/mol. The van der Waals surface area contributed by atoms with E-state index in [1.807, 2.05) is 61.5 Å². The summed E-state index contributed by atoms with van der Waals surface area (Å²) in [5, 5.41) is 7.32. The molecule has 1 aliphatic heterocycles. The second-order valence-electron chi connectivity index (χ2n) is 6.74. The number of para-hydroxylation sites is 1. The van der Waals surface area contributed by atoms with Crippen molar-refractivity contribution in [1.29, 1.82) is 0 Å². The molecule has 7 heteroatoms. The van der Waals surface area contributed by atoms with E-state index >= 15 is 0 Å². The number of hydrogen-bond donors (Lipinski definition) is 1. The summed E-state index contributed by atoms with van der Waals surface area (Å²) in [4.78, 5) is 12.5. The maximum atomic E-state index is 12.5. The Labute approximate surface area is 163 Å². The number of rotatable bonds is 4. The summed E-state index contributed by atoms with van der Waals surface area (Å²) in [5.74, 6) is -0.158. The highest BCUT2D eigenvalue weighted by Gasteiger charge is 2.33. The van der Waals surface area contributed by atoms with Crippen molar-refractivity contribution in [3.63, 3.8) is 0 Å². The lowest BCUT2D eigenvalue weighted by atomic mass is 10.2. The largest absolute Gasteiger partial charge is 0.307 e. The third kappa shape index (κ3) is 3.61. The van der Waals surface area contributed by atoms with E-state index in [4.69, 9.17) is 0 Å². The number of fused-ring (bicyclic) bond motifs is 1. The molecule has 2 aromatic carbocycles. The Balaban J connectivity index is 1.70. The van der Waals surface area contributed by atoms with Gasteiger partial charge in [-0.1, -0.05) is 48.5 Å². The molecule has 0 spiro atoms. The maximum Gasteiger partial charge on any atom is 0.249 e. The number of anilines is 1. The van der Waals surface area contributed by atoms with Gasteiger partial charge in [-0.15, -0.1) is 0 Å². The van der Waals surface area contributed by atoms with Crippen molar-refractivity contribution >= 4 is 27.6 Å². The number of benzene rings is 2. The second-order valence-corrected chi connectivity index (χ2v) is 8.80. The van der Waals surface area contributed by atoms with E-state index in [-0.39, 0.29) is 17.4 Å². The number of nitrogens with zero attached hydrogens (tertiary/aromatic N) is 2. The average molecular weight is 393 g/mol. The molecule has 1 amide bonds. The number of sulfone groups is 1. The van der Waals surface area contributed by atoms with Crippen LogP contribution in [0.4, 0.5) is 5.82 Å². The van der Waals surface area contributed by atoms with E-state index in [0.717, 1.165) is 16.8 Å². The number of aromatic nitrogens is 2. The molecular formula is C21H19N3O3S. The van der Waals surface area contributed by atoms with Crippen LogP contribution >= 0.6 is 0 Å². The lowest BCUT2D eigenvalue weighted by molar-refractivity contribution is -0.111. The topological polar surface area (TPSA) is 81.1 Å². The molecule has 0 aliphatic carbocycles. The smallest absolute Gasteiger partial charge is 0.249 e. The fraction of sp³-hybridized carbons (Fsp3) is 0.143. The Morgan fingerprint density at radius 3 is 2.54 bits per heavy atom. The number of carbonyl (C=O) groups is 1. The van der Waals surface area contributed by atoms with Crippen LogP contribution in [-0.4, -0.2) is 24.1 Å². The maximum absolute atomic E-state index is 12.5. The fourth-order valence-electron chi connectivity index (χ4n) is 3.24. The third-order valence-electron chi connectivity index (χ3n) is 4.60. The molecule has 0 unspecified atom stereocenters. The van der Waals surface area contributed by atoms with Gasteiger partial charge in [-0.3, -0.25) is 4.79 Å². The van der Waals surface area contributed by atoms with Crippen LogP contribution in [0.5, 0.6) is 0 Å². The molecule has 0 fully saturated rings. The minimum absolute atomic E-state index is 0.107. The Bertz CT molecular complexity index is 1180. The van der Waals surface area contributed by atoms with Gasteiger partial charge >= 0.3 is 0 Å². The molecule has 1 aliphatic rings. The Hall–Kier alpha value is -3.19. The lowest BCUT2D eigenvalue weighted by Crippen LogP contribution is -2.15. The summed E-state index contributed by atoms with van der Waals surface area (Å²) in [6.45, 7) is 1.94. The molecule has 0 saturated heterocycles. The average Bonchev–Trinajstić information content (AvgIpc) is 3.14. The first-order valence-corrected chi connectivity index (χ1v) is 10.7. The summed E-state index contributed by atoms with van der Waals surface area (Å²) in [6.07, 6.45) is 3.14. The van der Waals surface area contributed by atoms with Crippen LogP contribution in [0.15, 0.2) is 60.7 Å². The van der Waals surface area contributed by atoms with E-state index in [2.05, 4.69) is 10.4 Å². The second kappa shape index (κ2) is 7.09. The Kier molecular flexibility index (Phi) is 4.60. The van der Waals surface area contributed by atoms with Crippen LogP contribution in [0.1, 0.15) is 22.4 Å². The summed E-state index contributed by atoms with van der Waals surface area (Å²) in [5.41, 5.74) is 3.73. The third-order valence-corrected chi connectivity index (χ3v) is 6.04. The Morgan fingerprint density at radius 1 is 1.07 bits per heavy atom. The highest BCUT2D eigenvalue weighted by atomic mass is 32.2. The van der Waals surface area contributed by atoms with Gasteiger partial charge in [0, 0.05) is 11.6 Å². The van der Waals surface area contributed by atoms with Crippen molar-refractivity contribution in [3.8, 4) is 5.69 Å². The summed E-state index contributed by atoms with van der Waals surface area (Å²) in [7, 11) is -3.23. The van der Waals surface area contributed by atoms with Crippen molar-refractivity contribution < 1.29 is 13.2 Å². The van der Waals surface area contributed by atoms with Gasteiger partial charge in [0.1, 0.15) is 5.82 Å². The van der Waals surface area contributed by atoms with Crippen molar-refractivity contribution in [1.82, 2.24) is 9.78 Å². The highest BCUT2D eigenvalue weighted by Crippen LogP contribution is 2.33. The van der Waals surface area contributed by atoms with E-state index in [9.17, 15) is 13.2 Å². The first-order valence-electron chi connectivity index (χ1n) is 8.84. The van der Waals surface area contributed by atoms with E-state index in [1.54, 1.807) is 10.8 Å². The van der Waals surface area contributed by atoms with E-state index in [0.29, 0.717) is 17.1 Å². The highest BCUT2D eigenvalue weighted by molar-refractivity contribution is 7.90. The number of hydrogen-bond acceptors (Lipinski definition) is 4. The quantitative estimate of drug-likeness (QED) is 0.690. The molecule has 6 nitrogen and oxygen atoms in total. The van der Waals surface area contributed by atoms with Crippen LogP contribution in [0, 0.1) is 6.92 Å². The van der Waals surface area contributed by atoms with Crippen molar-refractivity contribution in [2.24, 2.45) is 0 Å². The van der Waals surface area contributed by atoms with Gasteiger partial charge < -0.3 is 5.32 Å². The molecule has 1 N–H and O–H groups in total. The van der Waals surface area contributed by atoms with Gasteiger partial charge in [0.05, 0.1) is 22.9 Å². The van der Waals surface area contributed by atoms with E-state index < -0.39 is 9.84 Å². The zero-order chi connectivity index (χ0) is 19.7. The fourth-order valence-corrected chi connectivity index (χ4v) is 4.73. The van der Waals surface area contributed by atoms with Crippen LogP contribution < -0.4 is 5.32 Å². The zero-order valence-corrected chi connectivity index (χ0v) is 16.1. The van der Waals surface area contributed by atoms with E-state index in [1.165, 1.54) is 6.08 Å². The van der Waals surface area contributed by atoms with Crippen LogP contribution in [0.2, 0.25) is 0 Å². The molecule has 0 saturated carbocycles. The van der Waals surface area contributed by atoms with Gasteiger partial charge in [0.2, 0.25) is 5.91 Å². The van der Waals surface area contributed by atoms with Gasteiger partial charge in [0.15, 0.2) is 9.84 Å². The van der Waals surface area contributed by atoms with Crippen LogP contribution in [-0.2, 0) is 26.1 Å². The molecule has 28 heavy (non-hydrogen) atoms. The monoisotopic (exact) mass is 393 g/mol. The van der Waals surface area contributed by atoms with Crippen molar-refractivity contribution in [2.75, 3.05) is 5.32 Å². The minimum atomic E-state index is -3.23. The number of carbonyl (C=O) groups excluding carboxylic acids is 1. The minimum Gasteiger partial charge on any atom is -0.307 e. The lowest BCUT2D eigenvalue weighted by Gasteiger charge is -2.12. The van der Waals surface area contributed by atoms with Gasteiger partial charge in [-0.05, 0) is 30.2 Å². The van der Waals surface area contributed by atoms with Gasteiger partial charge in [-0.25, -0.2) is 13.1 Å². The predicted octanol–water partition coefficient (Wildman–Crippen LogP) is 3.26. The molecule has 0 radical (unpaired) electrons. The number of amides is 1.